The SMILES string of the molecule is O=C(O)CC1CN(C(=O)NCCC2CCCC2)C1. The van der Waals surface area contributed by atoms with Crippen molar-refractivity contribution in [2.45, 2.75) is 38.5 Å². The Bertz CT molecular complexity index is 307. The van der Waals surface area contributed by atoms with Crippen LogP contribution in [0.4, 0.5) is 4.79 Å². The lowest BCUT2D eigenvalue weighted by molar-refractivity contribution is -0.139. The predicted octanol–water partition coefficient (Wildman–Crippen LogP) is 1.68. The lowest BCUT2D eigenvalue weighted by Gasteiger charge is -2.38. The number of aliphatic carboxylic acids is 1. The second kappa shape index (κ2) is 6.07. The van der Waals surface area contributed by atoms with Crippen LogP contribution >= 0.6 is 0 Å². The summed E-state index contributed by atoms with van der Waals surface area (Å²) in [4.78, 5) is 23.9. The van der Waals surface area contributed by atoms with Crippen molar-refractivity contribution >= 4 is 12.0 Å². The molecule has 2 rings (SSSR count). The van der Waals surface area contributed by atoms with Crippen LogP contribution in [0.3, 0.4) is 0 Å². The van der Waals surface area contributed by atoms with E-state index >= 15 is 0 Å². The van der Waals surface area contributed by atoms with Crippen molar-refractivity contribution in [1.29, 1.82) is 0 Å². The molecule has 1 aliphatic carbocycles. The van der Waals surface area contributed by atoms with Gasteiger partial charge < -0.3 is 15.3 Å². The van der Waals surface area contributed by atoms with Crippen LogP contribution in [-0.2, 0) is 4.79 Å². The van der Waals surface area contributed by atoms with Crippen LogP contribution in [0.15, 0.2) is 0 Å². The first-order valence-electron chi connectivity index (χ1n) is 6.89. The first-order valence-corrected chi connectivity index (χ1v) is 6.89. The number of nitrogens with zero attached hydrogens (tertiary/aromatic N) is 1. The highest BCUT2D eigenvalue weighted by atomic mass is 16.4. The van der Waals surface area contributed by atoms with Crippen molar-refractivity contribution in [3.05, 3.63) is 0 Å². The lowest BCUT2D eigenvalue weighted by atomic mass is 9.97. The van der Waals surface area contributed by atoms with E-state index in [9.17, 15) is 9.59 Å². The quantitative estimate of drug-likeness (QED) is 0.784. The predicted molar refractivity (Wildman–Crippen MR) is 67.3 cm³/mol. The van der Waals surface area contributed by atoms with E-state index in [1.807, 2.05) is 0 Å². The summed E-state index contributed by atoms with van der Waals surface area (Å²) in [5.41, 5.74) is 0. The van der Waals surface area contributed by atoms with Gasteiger partial charge in [-0.1, -0.05) is 25.7 Å². The van der Waals surface area contributed by atoms with E-state index in [1.165, 1.54) is 25.7 Å². The molecule has 0 aromatic carbocycles. The van der Waals surface area contributed by atoms with Crippen molar-refractivity contribution in [3.63, 3.8) is 0 Å². The van der Waals surface area contributed by atoms with Gasteiger partial charge in [0, 0.05) is 25.6 Å². The van der Waals surface area contributed by atoms with Gasteiger partial charge in [0.1, 0.15) is 0 Å². The van der Waals surface area contributed by atoms with Crippen molar-refractivity contribution < 1.29 is 14.7 Å². The first kappa shape index (κ1) is 13.2. The van der Waals surface area contributed by atoms with Gasteiger partial charge in [-0.2, -0.15) is 0 Å². The van der Waals surface area contributed by atoms with Gasteiger partial charge in [-0.15, -0.1) is 0 Å². The fourth-order valence-electron chi connectivity index (χ4n) is 2.91. The summed E-state index contributed by atoms with van der Waals surface area (Å²) in [5, 5.41) is 11.5. The number of carboxylic acid groups (broad SMARTS) is 1. The van der Waals surface area contributed by atoms with Crippen LogP contribution in [0, 0.1) is 11.8 Å². The fourth-order valence-corrected chi connectivity index (χ4v) is 2.91. The molecule has 5 heteroatoms. The van der Waals surface area contributed by atoms with Gasteiger partial charge in [0.05, 0.1) is 6.42 Å². The molecule has 0 atom stereocenters. The highest BCUT2D eigenvalue weighted by Crippen LogP contribution is 2.27. The number of urea groups is 1. The summed E-state index contributed by atoms with van der Waals surface area (Å²) in [7, 11) is 0. The highest BCUT2D eigenvalue weighted by molar-refractivity contribution is 5.75. The van der Waals surface area contributed by atoms with Crippen molar-refractivity contribution in [3.8, 4) is 0 Å². The van der Waals surface area contributed by atoms with Gasteiger partial charge in [0.15, 0.2) is 0 Å². The minimum absolute atomic E-state index is 0.0327. The third-order valence-corrected chi connectivity index (χ3v) is 4.01. The summed E-state index contributed by atoms with van der Waals surface area (Å²) in [5.74, 6) is 0.158. The molecule has 0 unspecified atom stereocenters. The number of likely N-dealkylation sites (tertiary alicyclic amines) is 1. The zero-order valence-electron chi connectivity index (χ0n) is 10.7. The minimum Gasteiger partial charge on any atom is -0.481 e. The second-order valence-corrected chi connectivity index (χ2v) is 5.54. The van der Waals surface area contributed by atoms with Crippen LogP contribution in [-0.4, -0.2) is 41.6 Å². The van der Waals surface area contributed by atoms with Gasteiger partial charge in [-0.05, 0) is 12.3 Å². The minimum atomic E-state index is -0.777. The van der Waals surface area contributed by atoms with Gasteiger partial charge in [-0.25, -0.2) is 4.79 Å². The number of carboxylic acids is 1. The molecule has 1 saturated carbocycles. The van der Waals surface area contributed by atoms with E-state index in [1.54, 1.807) is 4.90 Å². The number of hydrogen-bond acceptors (Lipinski definition) is 2. The summed E-state index contributed by atoms with van der Waals surface area (Å²) in [6, 6.07) is -0.0327. The molecule has 5 nitrogen and oxygen atoms in total. The highest BCUT2D eigenvalue weighted by Gasteiger charge is 2.31. The Hall–Kier alpha value is -1.26. The molecule has 102 valence electrons. The molecule has 2 fully saturated rings. The second-order valence-electron chi connectivity index (χ2n) is 5.54. The first-order chi connectivity index (χ1) is 8.65. The maximum atomic E-state index is 11.7. The Kier molecular flexibility index (Phi) is 4.44. The van der Waals surface area contributed by atoms with E-state index in [2.05, 4.69) is 5.32 Å². The van der Waals surface area contributed by atoms with Crippen LogP contribution < -0.4 is 5.32 Å². The summed E-state index contributed by atoms with van der Waals surface area (Å²) >= 11 is 0. The van der Waals surface area contributed by atoms with Crippen LogP contribution in [0.2, 0.25) is 0 Å². The van der Waals surface area contributed by atoms with E-state index in [-0.39, 0.29) is 18.4 Å². The van der Waals surface area contributed by atoms with Crippen LogP contribution in [0.25, 0.3) is 0 Å². The number of rotatable bonds is 5. The molecule has 0 aromatic heterocycles. The monoisotopic (exact) mass is 254 g/mol. The fraction of sp³-hybridized carbons (Fsp3) is 0.846. The van der Waals surface area contributed by atoms with E-state index in [0.29, 0.717) is 13.1 Å². The van der Waals surface area contributed by atoms with E-state index in [4.69, 9.17) is 5.11 Å². The number of amides is 2. The molecule has 1 heterocycles. The van der Waals surface area contributed by atoms with E-state index in [0.717, 1.165) is 18.9 Å². The standard InChI is InChI=1S/C13H22N2O3/c16-12(17)7-11-8-15(9-11)13(18)14-6-5-10-3-1-2-4-10/h10-11H,1-9H2,(H,14,18)(H,16,17). The third kappa shape index (κ3) is 3.62. The number of carbonyl (C=O) groups excluding carboxylic acids is 1. The maximum Gasteiger partial charge on any atom is 0.317 e. The summed E-state index contributed by atoms with van der Waals surface area (Å²) in [6.45, 7) is 1.92. The molecule has 2 aliphatic rings. The number of nitrogens with one attached hydrogen (secondary N) is 1. The molecular formula is C13H22N2O3. The topological polar surface area (TPSA) is 69.6 Å². The number of carbonyl (C=O) groups is 2. The Morgan fingerprint density at radius 1 is 1.17 bits per heavy atom. The molecule has 2 amide bonds. The molecule has 18 heavy (non-hydrogen) atoms. The smallest absolute Gasteiger partial charge is 0.317 e. The maximum absolute atomic E-state index is 11.7. The molecule has 0 aromatic rings. The average Bonchev–Trinajstić information content (AvgIpc) is 2.75. The van der Waals surface area contributed by atoms with Gasteiger partial charge in [0.2, 0.25) is 0 Å². The third-order valence-electron chi connectivity index (χ3n) is 4.01. The Morgan fingerprint density at radius 2 is 1.83 bits per heavy atom. The Labute approximate surface area is 108 Å². The molecule has 0 radical (unpaired) electrons. The molecule has 1 saturated heterocycles. The van der Waals surface area contributed by atoms with Gasteiger partial charge >= 0.3 is 12.0 Å². The van der Waals surface area contributed by atoms with Crippen LogP contribution in [0.5, 0.6) is 0 Å². The Morgan fingerprint density at radius 3 is 2.44 bits per heavy atom. The molecule has 0 spiro atoms. The summed E-state index contributed by atoms with van der Waals surface area (Å²) < 4.78 is 0. The lowest BCUT2D eigenvalue weighted by Crippen LogP contribution is -2.54. The zero-order chi connectivity index (χ0) is 13.0. The van der Waals surface area contributed by atoms with Crippen molar-refractivity contribution in [1.82, 2.24) is 10.2 Å². The summed E-state index contributed by atoms with van der Waals surface area (Å²) in [6.07, 6.45) is 6.54. The van der Waals surface area contributed by atoms with Gasteiger partial charge in [0.25, 0.3) is 0 Å². The van der Waals surface area contributed by atoms with E-state index < -0.39 is 5.97 Å². The molecular weight excluding hydrogens is 232 g/mol. The normalized spacial score (nSPS) is 20.8. The van der Waals surface area contributed by atoms with Crippen molar-refractivity contribution in [2.75, 3.05) is 19.6 Å². The zero-order valence-corrected chi connectivity index (χ0v) is 10.7. The molecule has 2 N–H and O–H groups in total. The van der Waals surface area contributed by atoms with Gasteiger partial charge in [-0.3, -0.25) is 4.79 Å². The van der Waals surface area contributed by atoms with Crippen molar-refractivity contribution in [2.24, 2.45) is 11.8 Å². The number of hydrogen-bond donors (Lipinski definition) is 2. The van der Waals surface area contributed by atoms with Crippen LogP contribution in [0.1, 0.15) is 38.5 Å². The molecule has 0 bridgehead atoms. The average molecular weight is 254 g/mol. The largest absolute Gasteiger partial charge is 0.481 e. The molecule has 1 aliphatic heterocycles. The Balaban J connectivity index is 1.54.